The van der Waals surface area contributed by atoms with Crippen LogP contribution in [-0.2, 0) is 9.53 Å². The first-order chi connectivity index (χ1) is 10.1. The Bertz CT molecular complexity index is 292. The third-order valence-electron chi connectivity index (χ3n) is 3.69. The monoisotopic (exact) mass is 378 g/mol. The standard InChI is InChI=1S/C18H37BrNO2/c1-18(2,19)17(21)22-16-14-12-10-8-6-7-9-11-13-15-20(3,4)5/h6-16H2,1-5H3/q+1. The Morgan fingerprint density at radius 3 is 1.68 bits per heavy atom. The molecule has 0 aliphatic heterocycles. The summed E-state index contributed by atoms with van der Waals surface area (Å²) in [5, 5.41) is 0. The minimum absolute atomic E-state index is 0.165. The Balaban J connectivity index is 3.23. The van der Waals surface area contributed by atoms with Gasteiger partial charge in [0.1, 0.15) is 4.32 Å². The Labute approximate surface area is 146 Å². The summed E-state index contributed by atoms with van der Waals surface area (Å²) in [6, 6.07) is 0. The fraction of sp³-hybridized carbons (Fsp3) is 0.944. The predicted molar refractivity (Wildman–Crippen MR) is 98.4 cm³/mol. The second-order valence-electron chi connectivity index (χ2n) is 7.80. The van der Waals surface area contributed by atoms with E-state index < -0.39 is 4.32 Å². The van der Waals surface area contributed by atoms with Gasteiger partial charge in [0, 0.05) is 0 Å². The van der Waals surface area contributed by atoms with E-state index in [-0.39, 0.29) is 5.97 Å². The van der Waals surface area contributed by atoms with Crippen LogP contribution in [0, 0.1) is 0 Å². The number of carbonyl (C=O) groups excluding carboxylic acids is 1. The molecule has 0 unspecified atom stereocenters. The van der Waals surface area contributed by atoms with Crippen molar-refractivity contribution in [2.75, 3.05) is 34.3 Å². The lowest BCUT2D eigenvalue weighted by Crippen LogP contribution is -2.35. The van der Waals surface area contributed by atoms with E-state index in [2.05, 4.69) is 37.1 Å². The first kappa shape index (κ1) is 21.9. The van der Waals surface area contributed by atoms with Gasteiger partial charge in [0.05, 0.1) is 34.3 Å². The molecule has 0 amide bonds. The molecule has 0 atom stereocenters. The van der Waals surface area contributed by atoms with E-state index in [0.29, 0.717) is 6.61 Å². The van der Waals surface area contributed by atoms with Gasteiger partial charge >= 0.3 is 5.97 Å². The van der Waals surface area contributed by atoms with Gasteiger partial charge in [0.2, 0.25) is 0 Å². The summed E-state index contributed by atoms with van der Waals surface area (Å²) in [5.41, 5.74) is 0. The molecule has 4 heteroatoms. The number of nitrogens with zero attached hydrogens (tertiary/aromatic N) is 1. The molecule has 0 aromatic rings. The maximum Gasteiger partial charge on any atom is 0.322 e. The Hall–Kier alpha value is -0.0900. The SMILES string of the molecule is CC(C)(Br)C(=O)OCCCCCCCCCCC[N+](C)(C)C. The average molecular weight is 379 g/mol. The molecule has 3 nitrogen and oxygen atoms in total. The summed E-state index contributed by atoms with van der Waals surface area (Å²) in [5.74, 6) is -0.165. The number of ether oxygens (including phenoxy) is 1. The largest absolute Gasteiger partial charge is 0.465 e. The number of alkyl halides is 1. The number of rotatable bonds is 13. The number of unbranched alkanes of at least 4 members (excludes halogenated alkanes) is 8. The van der Waals surface area contributed by atoms with Gasteiger partial charge in [-0.1, -0.05) is 54.5 Å². The van der Waals surface area contributed by atoms with E-state index in [0.717, 1.165) is 17.3 Å². The van der Waals surface area contributed by atoms with Crippen LogP contribution in [0.5, 0.6) is 0 Å². The number of hydrogen-bond acceptors (Lipinski definition) is 2. The van der Waals surface area contributed by atoms with Gasteiger partial charge in [0.25, 0.3) is 0 Å². The number of carbonyl (C=O) groups is 1. The van der Waals surface area contributed by atoms with Crippen molar-refractivity contribution in [3.63, 3.8) is 0 Å². The number of esters is 1. The van der Waals surface area contributed by atoms with E-state index in [1.54, 1.807) is 0 Å². The maximum atomic E-state index is 11.5. The fourth-order valence-electron chi connectivity index (χ4n) is 2.26. The first-order valence-electron chi connectivity index (χ1n) is 8.79. The van der Waals surface area contributed by atoms with E-state index in [1.165, 1.54) is 51.5 Å². The summed E-state index contributed by atoms with van der Waals surface area (Å²) in [4.78, 5) is 11.5. The molecular formula is C18H37BrNO2+. The zero-order valence-corrected chi connectivity index (χ0v) is 17.0. The van der Waals surface area contributed by atoms with Gasteiger partial charge in [0.15, 0.2) is 0 Å². The summed E-state index contributed by atoms with van der Waals surface area (Å²) in [6.07, 6.45) is 11.5. The highest BCUT2D eigenvalue weighted by Gasteiger charge is 2.24. The van der Waals surface area contributed by atoms with E-state index >= 15 is 0 Å². The summed E-state index contributed by atoms with van der Waals surface area (Å²) in [7, 11) is 6.78. The van der Waals surface area contributed by atoms with E-state index in [9.17, 15) is 4.79 Å². The average Bonchev–Trinajstić information content (AvgIpc) is 2.37. The maximum absolute atomic E-state index is 11.5. The molecule has 0 heterocycles. The lowest BCUT2D eigenvalue weighted by Gasteiger charge is -2.23. The summed E-state index contributed by atoms with van der Waals surface area (Å²) in [6.45, 7) is 5.47. The van der Waals surface area contributed by atoms with Crippen molar-refractivity contribution in [2.45, 2.75) is 76.0 Å². The van der Waals surface area contributed by atoms with Gasteiger partial charge in [-0.25, -0.2) is 0 Å². The van der Waals surface area contributed by atoms with Crippen LogP contribution >= 0.6 is 15.9 Å². The van der Waals surface area contributed by atoms with Crippen LogP contribution in [0.3, 0.4) is 0 Å². The molecule has 22 heavy (non-hydrogen) atoms. The molecule has 0 saturated carbocycles. The topological polar surface area (TPSA) is 26.3 Å². The zero-order valence-electron chi connectivity index (χ0n) is 15.4. The van der Waals surface area contributed by atoms with Crippen molar-refractivity contribution >= 4 is 21.9 Å². The minimum atomic E-state index is -0.557. The second kappa shape index (κ2) is 11.4. The van der Waals surface area contributed by atoms with E-state index in [1.807, 2.05) is 13.8 Å². The molecule has 0 spiro atoms. The molecule has 0 aromatic heterocycles. The van der Waals surface area contributed by atoms with Crippen molar-refractivity contribution in [3.05, 3.63) is 0 Å². The quantitative estimate of drug-likeness (QED) is 0.197. The number of hydrogen-bond donors (Lipinski definition) is 0. The molecule has 132 valence electrons. The number of quaternary nitrogens is 1. The van der Waals surface area contributed by atoms with Crippen LogP contribution in [0.2, 0.25) is 0 Å². The third-order valence-corrected chi connectivity index (χ3v) is 4.02. The molecule has 0 N–H and O–H groups in total. The predicted octanol–water partition coefficient (Wildman–Crippen LogP) is 4.92. The Morgan fingerprint density at radius 1 is 0.864 bits per heavy atom. The van der Waals surface area contributed by atoms with Gasteiger partial charge < -0.3 is 9.22 Å². The van der Waals surface area contributed by atoms with Crippen LogP contribution in [-0.4, -0.2) is 49.1 Å². The van der Waals surface area contributed by atoms with Crippen LogP contribution in [0.1, 0.15) is 71.6 Å². The summed E-state index contributed by atoms with van der Waals surface area (Å²) >= 11 is 3.31. The zero-order chi connectivity index (χ0) is 17.1. The van der Waals surface area contributed by atoms with Crippen LogP contribution in [0.15, 0.2) is 0 Å². The van der Waals surface area contributed by atoms with Gasteiger partial charge in [-0.2, -0.15) is 0 Å². The molecule has 0 aliphatic rings. The fourth-order valence-corrected chi connectivity index (χ4v) is 2.38. The lowest BCUT2D eigenvalue weighted by molar-refractivity contribution is -0.870. The highest BCUT2D eigenvalue weighted by molar-refractivity contribution is 9.10. The van der Waals surface area contributed by atoms with Gasteiger partial charge in [-0.05, 0) is 33.1 Å². The second-order valence-corrected chi connectivity index (χ2v) is 9.79. The molecule has 0 aromatic carbocycles. The van der Waals surface area contributed by atoms with Gasteiger partial charge in [-0.3, -0.25) is 4.79 Å². The molecular weight excluding hydrogens is 342 g/mol. The molecule has 0 aliphatic carbocycles. The van der Waals surface area contributed by atoms with Gasteiger partial charge in [-0.15, -0.1) is 0 Å². The van der Waals surface area contributed by atoms with Crippen molar-refractivity contribution in [2.24, 2.45) is 0 Å². The molecule has 0 fully saturated rings. The van der Waals surface area contributed by atoms with Crippen molar-refractivity contribution < 1.29 is 14.0 Å². The van der Waals surface area contributed by atoms with Crippen molar-refractivity contribution in [1.29, 1.82) is 0 Å². The van der Waals surface area contributed by atoms with Crippen LogP contribution in [0.25, 0.3) is 0 Å². The van der Waals surface area contributed by atoms with Crippen LogP contribution in [0.4, 0.5) is 0 Å². The molecule has 0 rings (SSSR count). The van der Waals surface area contributed by atoms with Crippen LogP contribution < -0.4 is 0 Å². The highest BCUT2D eigenvalue weighted by atomic mass is 79.9. The molecule has 0 saturated heterocycles. The smallest absolute Gasteiger partial charge is 0.322 e. The minimum Gasteiger partial charge on any atom is -0.465 e. The Morgan fingerprint density at radius 2 is 1.27 bits per heavy atom. The normalized spacial score (nSPS) is 12.5. The molecule has 0 radical (unpaired) electrons. The number of halogens is 1. The van der Waals surface area contributed by atoms with Crippen molar-refractivity contribution in [3.8, 4) is 0 Å². The highest BCUT2D eigenvalue weighted by Crippen LogP contribution is 2.17. The van der Waals surface area contributed by atoms with E-state index in [4.69, 9.17) is 4.74 Å². The first-order valence-corrected chi connectivity index (χ1v) is 9.59. The summed E-state index contributed by atoms with van der Waals surface area (Å²) < 4.78 is 5.74. The lowest BCUT2D eigenvalue weighted by atomic mass is 10.1. The molecule has 0 bridgehead atoms. The third kappa shape index (κ3) is 14.8. The Kier molecular flexibility index (Phi) is 11.4. The van der Waals surface area contributed by atoms with Crippen molar-refractivity contribution in [1.82, 2.24) is 0 Å².